The van der Waals surface area contributed by atoms with Crippen LogP contribution in [-0.4, -0.2) is 17.2 Å². The first-order valence-electron chi connectivity index (χ1n) is 7.04. The molecule has 0 aliphatic heterocycles. The number of benzene rings is 1. The van der Waals surface area contributed by atoms with Gasteiger partial charge in [0.2, 0.25) is 0 Å². The van der Waals surface area contributed by atoms with E-state index in [9.17, 15) is 14.8 Å². The van der Waals surface area contributed by atoms with E-state index in [1.165, 1.54) is 6.07 Å². The van der Waals surface area contributed by atoms with Crippen LogP contribution < -0.4 is 16.4 Å². The fourth-order valence-corrected chi connectivity index (χ4v) is 2.14. The second-order valence-corrected chi connectivity index (χ2v) is 5.41. The van der Waals surface area contributed by atoms with E-state index in [2.05, 4.69) is 5.32 Å². The highest BCUT2D eigenvalue weighted by molar-refractivity contribution is 5.99. The Morgan fingerprint density at radius 3 is 2.55 bits per heavy atom. The van der Waals surface area contributed by atoms with Gasteiger partial charge in [-0.3, -0.25) is 15.5 Å². The second kappa shape index (κ2) is 5.65. The van der Waals surface area contributed by atoms with Gasteiger partial charge in [0.1, 0.15) is 5.76 Å². The molecule has 1 aromatic heterocycles. The third-order valence-corrected chi connectivity index (χ3v) is 3.55. The molecule has 0 bridgehead atoms. The molecule has 1 saturated carbocycles. The summed E-state index contributed by atoms with van der Waals surface area (Å²) >= 11 is 0. The van der Waals surface area contributed by atoms with Crippen LogP contribution in [0.5, 0.6) is 0 Å². The summed E-state index contributed by atoms with van der Waals surface area (Å²) < 4.78 is 5.23. The molecule has 0 spiro atoms. The molecule has 6 heteroatoms. The molecule has 0 unspecified atom stereocenters. The van der Waals surface area contributed by atoms with Gasteiger partial charge in [0.15, 0.2) is 5.56 Å². The first kappa shape index (κ1) is 14.3. The number of aryl methyl sites for hydroxylation is 1. The van der Waals surface area contributed by atoms with Crippen LogP contribution >= 0.6 is 0 Å². The summed E-state index contributed by atoms with van der Waals surface area (Å²) in [5.74, 6) is -0.257. The van der Waals surface area contributed by atoms with Gasteiger partial charge in [-0.1, -0.05) is 29.8 Å². The van der Waals surface area contributed by atoms with Crippen LogP contribution in [-0.2, 0) is 0 Å². The largest absolute Gasteiger partial charge is 0.422 e. The van der Waals surface area contributed by atoms with E-state index in [1.54, 1.807) is 12.1 Å². The van der Waals surface area contributed by atoms with E-state index < -0.39 is 11.5 Å². The Kier molecular flexibility index (Phi) is 3.68. The van der Waals surface area contributed by atoms with Crippen LogP contribution in [0.1, 0.15) is 28.8 Å². The van der Waals surface area contributed by atoms with Crippen LogP contribution in [0.3, 0.4) is 0 Å². The maximum absolute atomic E-state index is 12.1. The molecule has 0 saturated heterocycles. The molecule has 6 nitrogen and oxygen atoms in total. The van der Waals surface area contributed by atoms with Crippen LogP contribution in [0.15, 0.2) is 39.5 Å². The van der Waals surface area contributed by atoms with Crippen molar-refractivity contribution in [3.8, 4) is 11.3 Å². The van der Waals surface area contributed by atoms with Crippen molar-refractivity contribution in [3.05, 3.63) is 51.9 Å². The Morgan fingerprint density at radius 2 is 1.95 bits per heavy atom. The predicted molar refractivity (Wildman–Crippen MR) is 81.0 cm³/mol. The van der Waals surface area contributed by atoms with Gasteiger partial charge < -0.3 is 9.73 Å². The first-order valence-corrected chi connectivity index (χ1v) is 7.04. The van der Waals surface area contributed by atoms with Gasteiger partial charge >= 0.3 is 5.63 Å². The zero-order valence-corrected chi connectivity index (χ0v) is 12.1. The van der Waals surface area contributed by atoms with Crippen molar-refractivity contribution in [2.24, 2.45) is 0 Å². The van der Waals surface area contributed by atoms with E-state index in [4.69, 9.17) is 4.42 Å². The van der Waals surface area contributed by atoms with Crippen LogP contribution in [0.2, 0.25) is 0 Å². The van der Waals surface area contributed by atoms with Crippen molar-refractivity contribution in [2.75, 3.05) is 5.48 Å². The average Bonchev–Trinajstić information content (AvgIpc) is 3.30. The molecule has 114 valence electrons. The fourth-order valence-electron chi connectivity index (χ4n) is 2.14. The molecule has 1 aromatic carbocycles. The highest BCUT2D eigenvalue weighted by atomic mass is 16.5. The number of hydrogen-bond donors (Lipinski definition) is 3. The van der Waals surface area contributed by atoms with E-state index in [1.807, 2.05) is 24.5 Å². The predicted octanol–water partition coefficient (Wildman–Crippen LogP) is 2.31. The Labute approximate surface area is 126 Å². The molecule has 0 atom stereocenters. The highest BCUT2D eigenvalue weighted by Gasteiger charge is 2.27. The van der Waals surface area contributed by atoms with Gasteiger partial charge in [-0.05, 0) is 19.8 Å². The lowest BCUT2D eigenvalue weighted by Gasteiger charge is -2.09. The molecule has 1 amide bonds. The minimum Gasteiger partial charge on any atom is -0.422 e. The van der Waals surface area contributed by atoms with Gasteiger partial charge in [0.05, 0.1) is 5.69 Å². The summed E-state index contributed by atoms with van der Waals surface area (Å²) in [6, 6.07) is 8.92. The monoisotopic (exact) mass is 300 g/mol. The van der Waals surface area contributed by atoms with E-state index in [-0.39, 0.29) is 23.1 Å². The molecule has 1 heterocycles. The normalized spacial score (nSPS) is 13.7. The molecule has 3 rings (SSSR count). The molecule has 2 aromatic rings. The zero-order valence-electron chi connectivity index (χ0n) is 12.1. The van der Waals surface area contributed by atoms with Crippen molar-refractivity contribution < 1.29 is 14.4 Å². The minimum absolute atomic E-state index is 0.0324. The SMILES string of the molecule is Cc1ccc(-c2cc(NO)c(C(=O)NC3CC3)c(=O)o2)cc1. The van der Waals surface area contributed by atoms with Crippen LogP contribution in [0.25, 0.3) is 11.3 Å². The molecular formula is C16H16N2O4. The van der Waals surface area contributed by atoms with Crippen molar-refractivity contribution in [1.82, 2.24) is 5.32 Å². The Morgan fingerprint density at radius 1 is 1.27 bits per heavy atom. The van der Waals surface area contributed by atoms with Crippen LogP contribution in [0.4, 0.5) is 5.69 Å². The number of amides is 1. The maximum Gasteiger partial charge on any atom is 0.351 e. The Balaban J connectivity index is 2.01. The number of hydrogen-bond acceptors (Lipinski definition) is 5. The lowest BCUT2D eigenvalue weighted by atomic mass is 10.1. The summed E-state index contributed by atoms with van der Waals surface area (Å²) in [5, 5.41) is 11.9. The smallest absolute Gasteiger partial charge is 0.351 e. The van der Waals surface area contributed by atoms with Crippen molar-refractivity contribution in [2.45, 2.75) is 25.8 Å². The van der Waals surface area contributed by atoms with Gasteiger partial charge in [-0.15, -0.1) is 0 Å². The molecule has 22 heavy (non-hydrogen) atoms. The summed E-state index contributed by atoms with van der Waals surface area (Å²) in [6.45, 7) is 1.95. The molecular weight excluding hydrogens is 284 g/mol. The Bertz CT molecular complexity index is 761. The average molecular weight is 300 g/mol. The molecule has 0 radical (unpaired) electrons. The maximum atomic E-state index is 12.1. The standard InChI is InChI=1S/C16H16N2O4/c1-9-2-4-10(5-3-9)13-8-12(18-21)14(16(20)22-13)15(19)17-11-6-7-11/h2-5,8,11,18,21H,6-7H2,1H3,(H,17,19). The van der Waals surface area contributed by atoms with Crippen LogP contribution in [0, 0.1) is 6.92 Å². The quantitative estimate of drug-likeness (QED) is 0.754. The zero-order chi connectivity index (χ0) is 15.7. The fraction of sp³-hybridized carbons (Fsp3) is 0.250. The summed E-state index contributed by atoms with van der Waals surface area (Å²) in [4.78, 5) is 24.2. The number of nitrogens with one attached hydrogen (secondary N) is 2. The van der Waals surface area contributed by atoms with Crippen molar-refractivity contribution in [3.63, 3.8) is 0 Å². The minimum atomic E-state index is -0.784. The van der Waals surface area contributed by atoms with E-state index in [0.29, 0.717) is 5.56 Å². The van der Waals surface area contributed by atoms with Crippen molar-refractivity contribution in [1.29, 1.82) is 0 Å². The lowest BCUT2D eigenvalue weighted by molar-refractivity contribution is 0.0947. The third kappa shape index (κ3) is 2.87. The lowest BCUT2D eigenvalue weighted by Crippen LogP contribution is -2.31. The number of carbonyl (C=O) groups excluding carboxylic acids is 1. The third-order valence-electron chi connectivity index (χ3n) is 3.55. The second-order valence-electron chi connectivity index (χ2n) is 5.41. The molecule has 3 N–H and O–H groups in total. The van der Waals surface area contributed by atoms with Gasteiger partial charge in [-0.2, -0.15) is 0 Å². The highest BCUT2D eigenvalue weighted by Crippen LogP contribution is 2.25. The van der Waals surface area contributed by atoms with E-state index in [0.717, 1.165) is 18.4 Å². The summed E-state index contributed by atoms with van der Waals surface area (Å²) in [5.41, 5.74) is 2.71. The number of rotatable bonds is 4. The number of anilines is 1. The van der Waals surface area contributed by atoms with Gasteiger partial charge in [0, 0.05) is 17.7 Å². The first-order chi connectivity index (χ1) is 10.6. The molecule has 1 aliphatic rings. The molecule has 1 fully saturated rings. The van der Waals surface area contributed by atoms with Crippen molar-refractivity contribution >= 4 is 11.6 Å². The summed E-state index contributed by atoms with van der Waals surface area (Å²) in [7, 11) is 0. The van der Waals surface area contributed by atoms with Gasteiger partial charge in [0.25, 0.3) is 5.91 Å². The summed E-state index contributed by atoms with van der Waals surface area (Å²) in [6.07, 6.45) is 1.81. The number of carbonyl (C=O) groups is 1. The van der Waals surface area contributed by atoms with Gasteiger partial charge in [-0.25, -0.2) is 4.79 Å². The van der Waals surface area contributed by atoms with E-state index >= 15 is 0 Å². The Hall–Kier alpha value is -2.60. The molecule has 1 aliphatic carbocycles. The topological polar surface area (TPSA) is 91.6 Å².